The first-order valence-corrected chi connectivity index (χ1v) is 7.32. The average molecular weight is 296 g/mol. The standard InChI is InChI=1S/C15H22BrN/c1-15(2,11-17-14-7-8-14)10-9-12-3-5-13(16)6-4-12/h3-6,14,17H,7-11H2,1-2H3. The third-order valence-corrected chi connectivity index (χ3v) is 3.98. The molecule has 0 radical (unpaired) electrons. The Hall–Kier alpha value is -0.340. The van der Waals surface area contributed by atoms with Crippen molar-refractivity contribution in [2.45, 2.75) is 45.6 Å². The molecule has 0 heterocycles. The molecule has 17 heavy (non-hydrogen) atoms. The van der Waals surface area contributed by atoms with Crippen molar-refractivity contribution < 1.29 is 0 Å². The van der Waals surface area contributed by atoms with Gasteiger partial charge in [-0.05, 0) is 48.8 Å². The fraction of sp³-hybridized carbons (Fsp3) is 0.600. The summed E-state index contributed by atoms with van der Waals surface area (Å²) < 4.78 is 1.16. The summed E-state index contributed by atoms with van der Waals surface area (Å²) in [4.78, 5) is 0. The Labute approximate surface area is 113 Å². The van der Waals surface area contributed by atoms with Gasteiger partial charge in [0.05, 0.1) is 0 Å². The van der Waals surface area contributed by atoms with Crippen LogP contribution in [0.15, 0.2) is 28.7 Å². The third-order valence-electron chi connectivity index (χ3n) is 3.45. The molecule has 1 aliphatic rings. The minimum absolute atomic E-state index is 0.398. The number of benzene rings is 1. The lowest BCUT2D eigenvalue weighted by atomic mass is 9.86. The van der Waals surface area contributed by atoms with Crippen LogP contribution < -0.4 is 5.32 Å². The first-order chi connectivity index (χ1) is 8.05. The van der Waals surface area contributed by atoms with E-state index in [0.29, 0.717) is 5.41 Å². The normalized spacial score (nSPS) is 16.2. The summed E-state index contributed by atoms with van der Waals surface area (Å²) in [5, 5.41) is 3.63. The lowest BCUT2D eigenvalue weighted by Gasteiger charge is -2.25. The molecule has 0 spiro atoms. The largest absolute Gasteiger partial charge is 0.313 e. The second-order valence-electron chi connectivity index (χ2n) is 5.95. The average Bonchev–Trinajstić information content (AvgIpc) is 3.10. The molecular weight excluding hydrogens is 274 g/mol. The van der Waals surface area contributed by atoms with Crippen molar-refractivity contribution in [2.75, 3.05) is 6.54 Å². The highest BCUT2D eigenvalue weighted by atomic mass is 79.9. The van der Waals surface area contributed by atoms with Crippen molar-refractivity contribution >= 4 is 15.9 Å². The molecule has 1 fully saturated rings. The van der Waals surface area contributed by atoms with Gasteiger partial charge in [0.1, 0.15) is 0 Å². The van der Waals surface area contributed by atoms with Gasteiger partial charge in [-0.3, -0.25) is 0 Å². The third kappa shape index (κ3) is 4.81. The van der Waals surface area contributed by atoms with Gasteiger partial charge >= 0.3 is 0 Å². The molecular formula is C15H22BrN. The first-order valence-electron chi connectivity index (χ1n) is 6.53. The molecule has 94 valence electrons. The van der Waals surface area contributed by atoms with Gasteiger partial charge in [0, 0.05) is 17.1 Å². The Morgan fingerprint density at radius 1 is 1.24 bits per heavy atom. The minimum atomic E-state index is 0.398. The minimum Gasteiger partial charge on any atom is -0.313 e. The monoisotopic (exact) mass is 295 g/mol. The second-order valence-corrected chi connectivity index (χ2v) is 6.86. The van der Waals surface area contributed by atoms with Crippen LogP contribution in [0.25, 0.3) is 0 Å². The van der Waals surface area contributed by atoms with Crippen LogP contribution in [0.5, 0.6) is 0 Å². The molecule has 1 aromatic carbocycles. The van der Waals surface area contributed by atoms with Gasteiger partial charge in [0.2, 0.25) is 0 Å². The molecule has 0 saturated heterocycles. The molecule has 0 amide bonds. The molecule has 0 unspecified atom stereocenters. The molecule has 0 aromatic heterocycles. The van der Waals surface area contributed by atoms with Gasteiger partial charge in [-0.25, -0.2) is 0 Å². The number of hydrogen-bond acceptors (Lipinski definition) is 1. The highest BCUT2D eigenvalue weighted by Gasteiger charge is 2.24. The molecule has 2 rings (SSSR count). The van der Waals surface area contributed by atoms with Crippen LogP contribution in [-0.2, 0) is 6.42 Å². The van der Waals surface area contributed by atoms with Gasteiger partial charge in [0.25, 0.3) is 0 Å². The Balaban J connectivity index is 1.76. The predicted molar refractivity (Wildman–Crippen MR) is 77.3 cm³/mol. The summed E-state index contributed by atoms with van der Waals surface area (Å²) in [5.74, 6) is 0. The molecule has 0 aliphatic heterocycles. The zero-order chi connectivity index (χ0) is 12.3. The first kappa shape index (κ1) is 13.1. The Morgan fingerprint density at radius 2 is 1.88 bits per heavy atom. The van der Waals surface area contributed by atoms with E-state index in [0.717, 1.165) is 17.1 Å². The summed E-state index contributed by atoms with van der Waals surface area (Å²) in [7, 11) is 0. The van der Waals surface area contributed by atoms with Gasteiger partial charge in [-0.15, -0.1) is 0 Å². The predicted octanol–water partition coefficient (Wildman–Crippen LogP) is 4.16. The summed E-state index contributed by atoms with van der Waals surface area (Å²) in [5.41, 5.74) is 1.84. The topological polar surface area (TPSA) is 12.0 Å². The van der Waals surface area contributed by atoms with Crippen molar-refractivity contribution in [2.24, 2.45) is 5.41 Å². The maximum atomic E-state index is 3.63. The van der Waals surface area contributed by atoms with E-state index in [4.69, 9.17) is 0 Å². The zero-order valence-electron chi connectivity index (χ0n) is 10.8. The highest BCUT2D eigenvalue weighted by Crippen LogP contribution is 2.25. The summed E-state index contributed by atoms with van der Waals surface area (Å²) in [6.07, 6.45) is 5.17. The van der Waals surface area contributed by atoms with Gasteiger partial charge in [0.15, 0.2) is 0 Å². The van der Waals surface area contributed by atoms with Crippen LogP contribution in [0.2, 0.25) is 0 Å². The van der Waals surface area contributed by atoms with Gasteiger partial charge < -0.3 is 5.32 Å². The number of hydrogen-bond donors (Lipinski definition) is 1. The fourth-order valence-corrected chi connectivity index (χ4v) is 2.19. The van der Waals surface area contributed by atoms with Gasteiger partial charge in [-0.2, -0.15) is 0 Å². The number of nitrogens with one attached hydrogen (secondary N) is 1. The van der Waals surface area contributed by atoms with E-state index in [2.05, 4.69) is 59.4 Å². The van der Waals surface area contributed by atoms with Crippen LogP contribution in [0.4, 0.5) is 0 Å². The molecule has 1 N–H and O–H groups in total. The summed E-state index contributed by atoms with van der Waals surface area (Å²) in [6, 6.07) is 9.51. The van der Waals surface area contributed by atoms with E-state index in [-0.39, 0.29) is 0 Å². The lowest BCUT2D eigenvalue weighted by Crippen LogP contribution is -2.31. The van der Waals surface area contributed by atoms with E-state index >= 15 is 0 Å². The number of rotatable bonds is 6. The van der Waals surface area contributed by atoms with Crippen LogP contribution >= 0.6 is 15.9 Å². The lowest BCUT2D eigenvalue weighted by molar-refractivity contribution is 0.313. The SMILES string of the molecule is CC(C)(CCc1ccc(Br)cc1)CNC1CC1. The molecule has 1 saturated carbocycles. The molecule has 0 bridgehead atoms. The molecule has 1 aliphatic carbocycles. The maximum absolute atomic E-state index is 3.63. The zero-order valence-corrected chi connectivity index (χ0v) is 12.4. The van der Waals surface area contributed by atoms with Crippen molar-refractivity contribution in [3.63, 3.8) is 0 Å². The van der Waals surface area contributed by atoms with Crippen LogP contribution in [0.1, 0.15) is 38.7 Å². The maximum Gasteiger partial charge on any atom is 0.0175 e. The van der Waals surface area contributed by atoms with Crippen LogP contribution in [-0.4, -0.2) is 12.6 Å². The second kappa shape index (κ2) is 5.53. The van der Waals surface area contributed by atoms with E-state index in [1.54, 1.807) is 0 Å². The van der Waals surface area contributed by atoms with Crippen LogP contribution in [0, 0.1) is 5.41 Å². The summed E-state index contributed by atoms with van der Waals surface area (Å²) in [6.45, 7) is 5.87. The molecule has 2 heteroatoms. The van der Waals surface area contributed by atoms with E-state index in [9.17, 15) is 0 Å². The summed E-state index contributed by atoms with van der Waals surface area (Å²) >= 11 is 3.47. The van der Waals surface area contributed by atoms with Crippen LogP contribution in [0.3, 0.4) is 0 Å². The van der Waals surface area contributed by atoms with Crippen molar-refractivity contribution in [3.05, 3.63) is 34.3 Å². The Morgan fingerprint density at radius 3 is 2.47 bits per heavy atom. The number of halogens is 1. The quantitative estimate of drug-likeness (QED) is 0.831. The van der Waals surface area contributed by atoms with E-state index in [1.165, 1.54) is 31.2 Å². The Kier molecular flexibility index (Phi) is 4.26. The highest BCUT2D eigenvalue weighted by molar-refractivity contribution is 9.10. The molecule has 1 nitrogen and oxygen atoms in total. The smallest absolute Gasteiger partial charge is 0.0175 e. The molecule has 1 aromatic rings. The van der Waals surface area contributed by atoms with Crippen molar-refractivity contribution in [3.8, 4) is 0 Å². The number of aryl methyl sites for hydroxylation is 1. The molecule has 0 atom stereocenters. The van der Waals surface area contributed by atoms with Crippen molar-refractivity contribution in [1.29, 1.82) is 0 Å². The van der Waals surface area contributed by atoms with Gasteiger partial charge in [-0.1, -0.05) is 41.9 Å². The Bertz CT molecular complexity index is 352. The fourth-order valence-electron chi connectivity index (χ4n) is 1.93. The van der Waals surface area contributed by atoms with Crippen molar-refractivity contribution in [1.82, 2.24) is 5.32 Å². The van der Waals surface area contributed by atoms with E-state index in [1.807, 2.05) is 0 Å². The van der Waals surface area contributed by atoms with E-state index < -0.39 is 0 Å².